The van der Waals surface area contributed by atoms with E-state index in [1.165, 1.54) is 71.3 Å². The second-order valence-electron chi connectivity index (χ2n) is 10.2. The number of ketones is 2. The van der Waals surface area contributed by atoms with Crippen LogP contribution in [-0.4, -0.2) is 56.0 Å². The third-order valence-electron chi connectivity index (χ3n) is 6.88. The molecule has 0 aromatic heterocycles. The first-order chi connectivity index (χ1) is 16.7. The van der Waals surface area contributed by atoms with Crippen molar-refractivity contribution in [1.82, 2.24) is 0 Å². The predicted molar refractivity (Wildman–Crippen MR) is 138 cm³/mol. The number of rotatable bonds is 13. The molecule has 0 spiro atoms. The van der Waals surface area contributed by atoms with E-state index in [2.05, 4.69) is 21.0 Å². The Balaban J connectivity index is 0.00000456. The summed E-state index contributed by atoms with van der Waals surface area (Å²) < 4.78 is 11.5. The summed E-state index contributed by atoms with van der Waals surface area (Å²) in [6.45, 7) is 4.00. The van der Waals surface area contributed by atoms with E-state index in [-0.39, 0.29) is 45.2 Å². The van der Waals surface area contributed by atoms with Crippen LogP contribution in [0.3, 0.4) is 0 Å². The molecule has 3 rings (SSSR count). The van der Waals surface area contributed by atoms with E-state index in [0.29, 0.717) is 17.1 Å². The summed E-state index contributed by atoms with van der Waals surface area (Å²) in [5, 5.41) is 10.4. The first kappa shape index (κ1) is 29.8. The highest BCUT2D eigenvalue weighted by Gasteiger charge is 2.36. The van der Waals surface area contributed by atoms with Gasteiger partial charge in [-0.3, -0.25) is 9.59 Å². The smallest absolute Gasteiger partial charge is 0.201 e. The van der Waals surface area contributed by atoms with E-state index in [1.54, 1.807) is 0 Å². The van der Waals surface area contributed by atoms with Crippen molar-refractivity contribution >= 4 is 11.6 Å². The van der Waals surface area contributed by atoms with E-state index in [1.807, 2.05) is 12.1 Å². The molecule has 0 heterocycles. The Morgan fingerprint density at radius 1 is 0.778 bits per heavy atom. The highest BCUT2D eigenvalue weighted by atomic mass is 79.9. The van der Waals surface area contributed by atoms with Crippen LogP contribution in [0.25, 0.3) is 0 Å². The maximum atomic E-state index is 13.4. The highest BCUT2D eigenvalue weighted by Crippen LogP contribution is 2.40. The Kier molecular flexibility index (Phi) is 11.0. The highest BCUT2D eigenvalue weighted by molar-refractivity contribution is 6.30. The lowest BCUT2D eigenvalue weighted by Gasteiger charge is -2.31. The molecule has 0 saturated heterocycles. The van der Waals surface area contributed by atoms with Gasteiger partial charge in [-0.2, -0.15) is 0 Å². The molecule has 2 aromatic carbocycles. The molecule has 0 fully saturated rings. The van der Waals surface area contributed by atoms with E-state index >= 15 is 0 Å². The van der Waals surface area contributed by atoms with E-state index in [9.17, 15) is 14.7 Å². The van der Waals surface area contributed by atoms with Crippen LogP contribution in [0.4, 0.5) is 0 Å². The molecule has 0 saturated carbocycles. The number of quaternary nitrogens is 1. The van der Waals surface area contributed by atoms with Crippen LogP contribution < -0.4 is 26.5 Å². The molecule has 198 valence electrons. The Morgan fingerprint density at radius 3 is 2.00 bits per heavy atom. The van der Waals surface area contributed by atoms with Gasteiger partial charge in [0.05, 0.1) is 46.0 Å². The molecule has 0 radical (unpaired) electrons. The zero-order valence-corrected chi connectivity index (χ0v) is 23.9. The minimum atomic E-state index is -0.411. The summed E-state index contributed by atoms with van der Waals surface area (Å²) in [6.07, 6.45) is 10.3. The Bertz CT molecular complexity index is 1080. The molecule has 0 aliphatic heterocycles. The second kappa shape index (κ2) is 13.2. The molecule has 2 aromatic rings. The van der Waals surface area contributed by atoms with Crippen molar-refractivity contribution in [2.75, 3.05) is 34.9 Å². The average Bonchev–Trinajstić information content (AvgIpc) is 2.82. The van der Waals surface area contributed by atoms with Gasteiger partial charge in [-0.25, -0.2) is 0 Å². The predicted octanol–water partition coefficient (Wildman–Crippen LogP) is 2.91. The van der Waals surface area contributed by atoms with Crippen molar-refractivity contribution in [3.8, 4) is 17.2 Å². The molecule has 0 bridgehead atoms. The Hall–Kier alpha value is -2.38. The largest absolute Gasteiger partial charge is 1.00 e. The zero-order valence-electron chi connectivity index (χ0n) is 22.3. The molecule has 6 nitrogen and oxygen atoms in total. The number of nitrogens with zero attached hydrogens (tertiary/aromatic N) is 1. The van der Waals surface area contributed by atoms with Gasteiger partial charge in [0, 0.05) is 22.8 Å². The summed E-state index contributed by atoms with van der Waals surface area (Å²) in [5.74, 6) is -0.290. The lowest BCUT2D eigenvalue weighted by atomic mass is 9.82. The second-order valence-corrected chi connectivity index (χ2v) is 10.2. The van der Waals surface area contributed by atoms with Crippen LogP contribution in [0, 0.1) is 0 Å². The third kappa shape index (κ3) is 6.88. The summed E-state index contributed by atoms with van der Waals surface area (Å²) >= 11 is 0. The van der Waals surface area contributed by atoms with Gasteiger partial charge >= 0.3 is 0 Å². The molecular weight excluding hydrogens is 522 g/mol. The molecule has 1 aliphatic rings. The van der Waals surface area contributed by atoms with Crippen molar-refractivity contribution in [2.45, 2.75) is 64.8 Å². The molecular formula is C29H40BrNO5. The number of phenols is 1. The Morgan fingerprint density at radius 2 is 1.39 bits per heavy atom. The van der Waals surface area contributed by atoms with E-state index in [4.69, 9.17) is 9.47 Å². The fourth-order valence-corrected chi connectivity index (χ4v) is 4.99. The molecule has 0 unspecified atom stereocenters. The number of halogens is 1. The SMILES string of the molecule is CCCCCCCCCC[N+](C)(C)Cc1cc(OC)c2c(c1)C(=O)c1cc(OC)cc(O)c1C2=O.[Br-]. The lowest BCUT2D eigenvalue weighted by molar-refractivity contribution is -0.903. The van der Waals surface area contributed by atoms with Crippen LogP contribution in [0.2, 0.25) is 0 Å². The quantitative estimate of drug-likeness (QED) is 0.256. The molecule has 0 amide bonds. The van der Waals surface area contributed by atoms with Crippen molar-refractivity contribution in [1.29, 1.82) is 0 Å². The number of unbranched alkanes of at least 4 members (excludes halogenated alkanes) is 7. The van der Waals surface area contributed by atoms with Crippen LogP contribution >= 0.6 is 0 Å². The molecule has 7 heteroatoms. The normalized spacial score (nSPS) is 12.6. The first-order valence-electron chi connectivity index (χ1n) is 12.8. The number of ether oxygens (including phenoxy) is 2. The number of phenolic OH excluding ortho intramolecular Hbond substituents is 1. The van der Waals surface area contributed by atoms with Gasteiger partial charge in [0.2, 0.25) is 5.78 Å². The molecule has 1 aliphatic carbocycles. The summed E-state index contributed by atoms with van der Waals surface area (Å²) in [4.78, 5) is 26.7. The third-order valence-corrected chi connectivity index (χ3v) is 6.88. The van der Waals surface area contributed by atoms with Gasteiger partial charge < -0.3 is 36.0 Å². The molecule has 0 atom stereocenters. The van der Waals surface area contributed by atoms with Crippen LogP contribution in [0.5, 0.6) is 17.2 Å². The number of aromatic hydroxyl groups is 1. The fourth-order valence-electron chi connectivity index (χ4n) is 4.99. The van der Waals surface area contributed by atoms with Crippen molar-refractivity contribution < 1.29 is 45.6 Å². The van der Waals surface area contributed by atoms with Crippen LogP contribution in [-0.2, 0) is 6.54 Å². The van der Waals surface area contributed by atoms with Crippen molar-refractivity contribution in [3.63, 3.8) is 0 Å². The van der Waals surface area contributed by atoms with Gasteiger partial charge in [-0.15, -0.1) is 0 Å². The van der Waals surface area contributed by atoms with E-state index in [0.717, 1.165) is 29.6 Å². The van der Waals surface area contributed by atoms with Gasteiger partial charge in [-0.05, 0) is 31.0 Å². The topological polar surface area (TPSA) is 72.8 Å². The minimum Gasteiger partial charge on any atom is -1.00 e. The monoisotopic (exact) mass is 561 g/mol. The van der Waals surface area contributed by atoms with Crippen molar-refractivity contribution in [2.24, 2.45) is 0 Å². The number of methoxy groups -OCH3 is 2. The average molecular weight is 563 g/mol. The van der Waals surface area contributed by atoms with Crippen LogP contribution in [0.15, 0.2) is 24.3 Å². The lowest BCUT2D eigenvalue weighted by Crippen LogP contribution is -3.00. The first-order valence-corrected chi connectivity index (χ1v) is 12.8. The number of hydrogen-bond donors (Lipinski definition) is 1. The van der Waals surface area contributed by atoms with Gasteiger partial charge in [-0.1, -0.05) is 45.4 Å². The number of carbonyl (C=O) groups is 2. The zero-order chi connectivity index (χ0) is 25.6. The minimum absolute atomic E-state index is 0. The number of hydrogen-bond acceptors (Lipinski definition) is 5. The van der Waals surface area contributed by atoms with Crippen LogP contribution in [0.1, 0.15) is 95.7 Å². The van der Waals surface area contributed by atoms with Crippen molar-refractivity contribution in [3.05, 3.63) is 52.1 Å². The number of benzene rings is 2. The number of fused-ring (bicyclic) bond motifs is 2. The van der Waals surface area contributed by atoms with E-state index < -0.39 is 5.78 Å². The molecule has 36 heavy (non-hydrogen) atoms. The summed E-state index contributed by atoms with van der Waals surface area (Å²) in [7, 11) is 7.34. The fraction of sp³-hybridized carbons (Fsp3) is 0.517. The van der Waals surface area contributed by atoms with Gasteiger partial charge in [0.15, 0.2) is 5.78 Å². The standard InChI is InChI=1S/C29H39NO5.BrH/c1-6-7-8-9-10-11-12-13-14-30(2,3)19-20-15-22-27(25(16-20)35-5)29(33)26-23(28(22)32)17-21(34-4)18-24(26)31;/h15-18H,6-14,19H2,1-5H3;1H. The Labute approximate surface area is 226 Å². The maximum absolute atomic E-state index is 13.4. The summed E-state index contributed by atoms with van der Waals surface area (Å²) in [6, 6.07) is 6.52. The van der Waals surface area contributed by atoms with Gasteiger partial charge in [0.1, 0.15) is 23.8 Å². The number of carbonyl (C=O) groups excluding carboxylic acids is 2. The maximum Gasteiger partial charge on any atom is 0.201 e. The van der Waals surface area contributed by atoms with Gasteiger partial charge in [0.25, 0.3) is 0 Å². The molecule has 1 N–H and O–H groups in total. The summed E-state index contributed by atoms with van der Waals surface area (Å²) in [5.41, 5.74) is 1.63.